The van der Waals surface area contributed by atoms with E-state index in [0.717, 1.165) is 5.56 Å². The normalized spacial score (nSPS) is 11.0. The minimum atomic E-state index is 0.176. The highest BCUT2D eigenvalue weighted by atomic mass is 32.1. The first-order valence-corrected chi connectivity index (χ1v) is 7.66. The van der Waals surface area contributed by atoms with E-state index in [2.05, 4.69) is 26.9 Å². The third-order valence-electron chi connectivity index (χ3n) is 3.37. The third kappa shape index (κ3) is 3.16. The Morgan fingerprint density at radius 2 is 2.17 bits per heavy atom. The van der Waals surface area contributed by atoms with Crippen molar-refractivity contribution in [2.45, 2.75) is 6.42 Å². The summed E-state index contributed by atoms with van der Waals surface area (Å²) in [4.78, 5) is 4.25. The van der Waals surface area contributed by atoms with Crippen molar-refractivity contribution in [1.82, 2.24) is 19.9 Å². The molecule has 0 atom stereocenters. The zero-order chi connectivity index (χ0) is 16.9. The number of aromatic amines is 1. The first kappa shape index (κ1) is 15.8. The number of nitrogens with zero attached hydrogens (tertiary/aromatic N) is 4. The van der Waals surface area contributed by atoms with Crippen molar-refractivity contribution in [2.24, 2.45) is 5.10 Å². The zero-order valence-electron chi connectivity index (χ0n) is 12.8. The van der Waals surface area contributed by atoms with Gasteiger partial charge in [0.25, 0.3) is 0 Å². The average molecular weight is 337 g/mol. The summed E-state index contributed by atoms with van der Waals surface area (Å²) in [6.07, 6.45) is 5.53. The molecular formula is C17H15N5OS. The smallest absolute Gasteiger partial charge is 0.216 e. The second kappa shape index (κ2) is 7.01. The Kier molecular flexibility index (Phi) is 4.62. The van der Waals surface area contributed by atoms with Crippen LogP contribution >= 0.6 is 12.2 Å². The Morgan fingerprint density at radius 3 is 2.92 bits per heavy atom. The van der Waals surface area contributed by atoms with Crippen LogP contribution in [0.4, 0.5) is 0 Å². The number of H-pyrrole nitrogens is 1. The second-order valence-electron chi connectivity index (χ2n) is 4.97. The second-order valence-corrected chi connectivity index (χ2v) is 5.36. The Hall–Kier alpha value is -3.06. The molecule has 0 unspecified atom stereocenters. The maximum atomic E-state index is 10.3. The van der Waals surface area contributed by atoms with Gasteiger partial charge in [-0.1, -0.05) is 24.3 Å². The van der Waals surface area contributed by atoms with Gasteiger partial charge in [-0.05, 0) is 42.4 Å². The number of aromatic nitrogens is 4. The van der Waals surface area contributed by atoms with E-state index < -0.39 is 0 Å². The Morgan fingerprint density at radius 1 is 1.29 bits per heavy atom. The number of rotatable bonds is 5. The van der Waals surface area contributed by atoms with Crippen LogP contribution in [0.1, 0.15) is 11.1 Å². The largest absolute Gasteiger partial charge is 0.507 e. The van der Waals surface area contributed by atoms with Crippen molar-refractivity contribution < 1.29 is 5.11 Å². The molecule has 0 amide bonds. The van der Waals surface area contributed by atoms with Gasteiger partial charge < -0.3 is 5.11 Å². The average Bonchev–Trinajstić information content (AvgIpc) is 2.97. The fourth-order valence-electron chi connectivity index (χ4n) is 2.22. The van der Waals surface area contributed by atoms with Crippen LogP contribution in [0.5, 0.6) is 5.75 Å². The number of allylic oxidation sites excluding steroid dienone is 1. The van der Waals surface area contributed by atoms with Gasteiger partial charge in [0.05, 0.1) is 6.21 Å². The maximum Gasteiger partial charge on any atom is 0.216 e. The number of hydrogen-bond acceptors (Lipinski definition) is 5. The first-order chi connectivity index (χ1) is 11.7. The Bertz CT molecular complexity index is 943. The van der Waals surface area contributed by atoms with Gasteiger partial charge in [-0.3, -0.25) is 4.98 Å². The van der Waals surface area contributed by atoms with E-state index in [1.54, 1.807) is 24.6 Å². The topological polar surface area (TPSA) is 79.1 Å². The maximum absolute atomic E-state index is 10.3. The molecule has 1 aromatic carbocycles. The van der Waals surface area contributed by atoms with Crippen LogP contribution in [0.25, 0.3) is 11.5 Å². The number of benzene rings is 1. The standard InChI is InChI=1S/C17H15N5OS/c1-2-6-12-7-5-8-13(15(12)23)11-19-22-16(20-21-17(22)24)14-9-3-4-10-18-14/h2-5,7-11,23H,1,6H2,(H,21,24)/b19-11-. The lowest BCUT2D eigenvalue weighted by Crippen LogP contribution is -1.97. The number of pyridine rings is 1. The molecule has 2 heterocycles. The third-order valence-corrected chi connectivity index (χ3v) is 3.64. The molecular weight excluding hydrogens is 322 g/mol. The van der Waals surface area contributed by atoms with Gasteiger partial charge in [0.2, 0.25) is 10.6 Å². The van der Waals surface area contributed by atoms with Gasteiger partial charge in [0, 0.05) is 11.8 Å². The van der Waals surface area contributed by atoms with Crippen LogP contribution in [-0.4, -0.2) is 31.2 Å². The van der Waals surface area contributed by atoms with E-state index in [0.29, 0.717) is 28.3 Å². The summed E-state index contributed by atoms with van der Waals surface area (Å²) in [6.45, 7) is 3.69. The number of aromatic hydroxyl groups is 1. The molecule has 3 rings (SSSR count). The van der Waals surface area contributed by atoms with Crippen LogP contribution in [-0.2, 0) is 6.42 Å². The van der Waals surface area contributed by atoms with Crippen LogP contribution in [0.15, 0.2) is 60.4 Å². The summed E-state index contributed by atoms with van der Waals surface area (Å²) < 4.78 is 1.81. The minimum absolute atomic E-state index is 0.176. The summed E-state index contributed by atoms with van der Waals surface area (Å²) in [5.41, 5.74) is 2.02. The van der Waals surface area contributed by atoms with E-state index in [-0.39, 0.29) is 5.75 Å². The molecule has 0 saturated heterocycles. The van der Waals surface area contributed by atoms with E-state index >= 15 is 0 Å². The fourth-order valence-corrected chi connectivity index (χ4v) is 2.39. The predicted octanol–water partition coefficient (Wildman–Crippen LogP) is 3.32. The van der Waals surface area contributed by atoms with Crippen molar-refractivity contribution in [1.29, 1.82) is 0 Å². The summed E-state index contributed by atoms with van der Waals surface area (Å²) in [5, 5.41) is 21.5. The lowest BCUT2D eigenvalue weighted by molar-refractivity contribution is 0.469. The molecule has 2 N–H and O–H groups in total. The first-order valence-electron chi connectivity index (χ1n) is 7.25. The van der Waals surface area contributed by atoms with Crippen molar-refractivity contribution in [3.8, 4) is 17.3 Å². The van der Waals surface area contributed by atoms with Crippen LogP contribution in [0, 0.1) is 4.77 Å². The number of phenolic OH excluding ortho intramolecular Hbond substituents is 1. The molecule has 0 spiro atoms. The molecule has 6 nitrogen and oxygen atoms in total. The number of hydrogen-bond donors (Lipinski definition) is 2. The van der Waals surface area contributed by atoms with Crippen molar-refractivity contribution in [2.75, 3.05) is 0 Å². The van der Waals surface area contributed by atoms with Crippen molar-refractivity contribution >= 4 is 18.4 Å². The molecule has 7 heteroatoms. The molecule has 0 radical (unpaired) electrons. The molecule has 24 heavy (non-hydrogen) atoms. The fraction of sp³-hybridized carbons (Fsp3) is 0.0588. The summed E-state index contributed by atoms with van der Waals surface area (Å²) in [6, 6.07) is 11.0. The van der Waals surface area contributed by atoms with Gasteiger partial charge in [-0.15, -0.1) is 6.58 Å². The van der Waals surface area contributed by atoms with E-state index in [9.17, 15) is 5.11 Å². The van der Waals surface area contributed by atoms with Gasteiger partial charge in [-0.25, -0.2) is 5.10 Å². The molecule has 0 aliphatic carbocycles. The summed E-state index contributed by atoms with van der Waals surface area (Å²) in [5.74, 6) is 0.675. The molecule has 0 fully saturated rings. The van der Waals surface area contributed by atoms with Crippen LogP contribution < -0.4 is 0 Å². The van der Waals surface area contributed by atoms with E-state index in [1.807, 2.05) is 30.3 Å². The molecule has 0 aliphatic heterocycles. The minimum Gasteiger partial charge on any atom is -0.507 e. The SMILES string of the molecule is C=CCc1cccc(/C=N\n2c(-c3ccccn3)n[nH]c2=S)c1O. The summed E-state index contributed by atoms with van der Waals surface area (Å²) >= 11 is 5.22. The van der Waals surface area contributed by atoms with Gasteiger partial charge in [0.1, 0.15) is 11.4 Å². The molecule has 0 bridgehead atoms. The Labute approximate surface area is 143 Å². The predicted molar refractivity (Wildman–Crippen MR) is 95.6 cm³/mol. The van der Waals surface area contributed by atoms with Gasteiger partial charge >= 0.3 is 0 Å². The molecule has 120 valence electrons. The van der Waals surface area contributed by atoms with Gasteiger partial charge in [-0.2, -0.15) is 14.9 Å². The quantitative estimate of drug-likeness (QED) is 0.425. The highest BCUT2D eigenvalue weighted by molar-refractivity contribution is 7.71. The monoisotopic (exact) mass is 337 g/mol. The summed E-state index contributed by atoms with van der Waals surface area (Å²) in [7, 11) is 0. The van der Waals surface area contributed by atoms with Crippen LogP contribution in [0.2, 0.25) is 0 Å². The number of nitrogens with one attached hydrogen (secondary N) is 1. The van der Waals surface area contributed by atoms with E-state index in [1.165, 1.54) is 4.68 Å². The van der Waals surface area contributed by atoms with Gasteiger partial charge in [0.15, 0.2) is 0 Å². The highest BCUT2D eigenvalue weighted by Crippen LogP contribution is 2.22. The number of phenols is 1. The Balaban J connectivity index is 2.00. The lowest BCUT2D eigenvalue weighted by Gasteiger charge is -2.05. The van der Waals surface area contributed by atoms with Crippen molar-refractivity contribution in [3.05, 3.63) is 71.1 Å². The molecule has 0 saturated carbocycles. The number of para-hydroxylation sites is 1. The molecule has 3 aromatic rings. The molecule has 2 aromatic heterocycles. The lowest BCUT2D eigenvalue weighted by atomic mass is 10.1. The van der Waals surface area contributed by atoms with E-state index in [4.69, 9.17) is 12.2 Å². The zero-order valence-corrected chi connectivity index (χ0v) is 13.6. The highest BCUT2D eigenvalue weighted by Gasteiger charge is 2.09. The molecule has 0 aliphatic rings. The van der Waals surface area contributed by atoms with Crippen LogP contribution in [0.3, 0.4) is 0 Å². The van der Waals surface area contributed by atoms with Crippen molar-refractivity contribution in [3.63, 3.8) is 0 Å².